The number of esters is 3. The number of carbonyl (C=O) groups excluding carboxylic acids is 3. The van der Waals surface area contributed by atoms with Crippen molar-refractivity contribution in [3.63, 3.8) is 0 Å². The molecular formula is C69H112O6. The van der Waals surface area contributed by atoms with Gasteiger partial charge in [-0.1, -0.05) is 244 Å². The molecule has 6 nitrogen and oxygen atoms in total. The molecule has 0 heterocycles. The van der Waals surface area contributed by atoms with Gasteiger partial charge >= 0.3 is 17.9 Å². The Bertz CT molecular complexity index is 1620. The van der Waals surface area contributed by atoms with Crippen LogP contribution in [0.15, 0.2) is 134 Å². The molecule has 0 saturated carbocycles. The van der Waals surface area contributed by atoms with Crippen LogP contribution >= 0.6 is 0 Å². The standard InChI is InChI=1S/C69H112O6/c1-4-7-10-13-16-19-22-25-28-30-31-32-33-34-35-36-37-38-39-40-42-44-47-50-53-56-59-62-68(71)74-65-66(64-73-67(70)61-58-55-52-49-46-43-27-24-21-18-15-12-9-6-3)75-69(72)63-60-57-54-51-48-45-41-29-26-23-20-17-14-11-8-5-2/h7,10,15-16,18-19,24-25,27-29,31-32,34-35,37-38,40-42,47,50,66H,4-6,8-9,11-14,17,20-23,26,30,33,36,39,43-46,48-49,51-65H2,1-3H3/b10-7-,18-15-,19-16-,27-24-,28-25-,32-31-,35-34-,38-37-,41-29-,42-40-,50-47-. The molecule has 75 heavy (non-hydrogen) atoms. The van der Waals surface area contributed by atoms with E-state index in [2.05, 4.69) is 154 Å². The molecule has 0 bridgehead atoms. The van der Waals surface area contributed by atoms with Gasteiger partial charge < -0.3 is 14.2 Å². The minimum atomic E-state index is -0.812. The van der Waals surface area contributed by atoms with E-state index >= 15 is 0 Å². The van der Waals surface area contributed by atoms with Gasteiger partial charge in [0.15, 0.2) is 6.10 Å². The smallest absolute Gasteiger partial charge is 0.306 e. The lowest BCUT2D eigenvalue weighted by atomic mass is 10.1. The zero-order chi connectivity index (χ0) is 54.3. The zero-order valence-corrected chi connectivity index (χ0v) is 48.5. The highest BCUT2D eigenvalue weighted by molar-refractivity contribution is 5.71. The number of hydrogen-bond donors (Lipinski definition) is 0. The predicted molar refractivity (Wildman–Crippen MR) is 325 cm³/mol. The van der Waals surface area contributed by atoms with Crippen molar-refractivity contribution in [3.05, 3.63) is 134 Å². The molecule has 1 atom stereocenters. The maximum Gasteiger partial charge on any atom is 0.306 e. The first-order valence-corrected chi connectivity index (χ1v) is 30.7. The van der Waals surface area contributed by atoms with E-state index in [0.717, 1.165) is 141 Å². The highest BCUT2D eigenvalue weighted by atomic mass is 16.6. The molecule has 0 N–H and O–H groups in total. The van der Waals surface area contributed by atoms with E-state index in [1.165, 1.54) is 77.0 Å². The Balaban J connectivity index is 4.47. The third kappa shape index (κ3) is 60.3. The van der Waals surface area contributed by atoms with Crippen molar-refractivity contribution in [2.45, 2.75) is 271 Å². The normalized spacial score (nSPS) is 13.1. The van der Waals surface area contributed by atoms with Crippen molar-refractivity contribution < 1.29 is 28.6 Å². The van der Waals surface area contributed by atoms with Crippen LogP contribution in [0.1, 0.15) is 265 Å². The van der Waals surface area contributed by atoms with Crippen molar-refractivity contribution in [2.24, 2.45) is 0 Å². The van der Waals surface area contributed by atoms with E-state index in [1.807, 2.05) is 0 Å². The number of allylic oxidation sites excluding steroid dienone is 22. The highest BCUT2D eigenvalue weighted by Gasteiger charge is 2.19. The number of unbranched alkanes of at least 4 members (excludes halogenated alkanes) is 21. The van der Waals surface area contributed by atoms with Crippen molar-refractivity contribution in [3.8, 4) is 0 Å². The van der Waals surface area contributed by atoms with Crippen LogP contribution in [0.25, 0.3) is 0 Å². The van der Waals surface area contributed by atoms with Gasteiger partial charge in [0.05, 0.1) is 0 Å². The molecule has 0 aliphatic carbocycles. The Labute approximate surface area is 462 Å². The molecule has 1 unspecified atom stereocenters. The minimum Gasteiger partial charge on any atom is -0.462 e. The Kier molecular flexibility index (Phi) is 58.4. The molecule has 0 fully saturated rings. The second-order valence-corrected chi connectivity index (χ2v) is 19.9. The molecule has 6 heteroatoms. The van der Waals surface area contributed by atoms with Crippen LogP contribution < -0.4 is 0 Å². The summed E-state index contributed by atoms with van der Waals surface area (Å²) in [4.78, 5) is 38.2. The summed E-state index contributed by atoms with van der Waals surface area (Å²) in [6.07, 6.45) is 87.3. The van der Waals surface area contributed by atoms with Crippen LogP contribution in [-0.2, 0) is 28.6 Å². The first-order chi connectivity index (χ1) is 37.0. The molecule has 0 rings (SSSR count). The van der Waals surface area contributed by atoms with Crippen molar-refractivity contribution in [1.29, 1.82) is 0 Å². The maximum atomic E-state index is 12.9. The number of hydrogen-bond acceptors (Lipinski definition) is 6. The van der Waals surface area contributed by atoms with E-state index in [9.17, 15) is 14.4 Å². The van der Waals surface area contributed by atoms with Crippen molar-refractivity contribution in [2.75, 3.05) is 13.2 Å². The summed E-state index contributed by atoms with van der Waals surface area (Å²) in [7, 11) is 0. The summed E-state index contributed by atoms with van der Waals surface area (Å²) >= 11 is 0. The fourth-order valence-corrected chi connectivity index (χ4v) is 8.00. The molecule has 424 valence electrons. The Morgan fingerprint density at radius 1 is 0.280 bits per heavy atom. The fourth-order valence-electron chi connectivity index (χ4n) is 8.00. The highest BCUT2D eigenvalue weighted by Crippen LogP contribution is 2.14. The first kappa shape index (κ1) is 70.5. The Hall–Kier alpha value is -4.45. The Morgan fingerprint density at radius 3 is 0.893 bits per heavy atom. The molecule has 0 amide bonds. The summed E-state index contributed by atoms with van der Waals surface area (Å²) in [5.41, 5.74) is 0. The average Bonchev–Trinajstić information content (AvgIpc) is 3.41. The van der Waals surface area contributed by atoms with Gasteiger partial charge in [-0.25, -0.2) is 0 Å². The van der Waals surface area contributed by atoms with Crippen LogP contribution in [0.4, 0.5) is 0 Å². The number of rotatable bonds is 54. The molecule has 0 saturated heterocycles. The molecular weight excluding hydrogens is 925 g/mol. The van der Waals surface area contributed by atoms with Gasteiger partial charge in [-0.2, -0.15) is 0 Å². The third-order valence-corrected chi connectivity index (χ3v) is 12.6. The van der Waals surface area contributed by atoms with Gasteiger partial charge in [0.1, 0.15) is 13.2 Å². The van der Waals surface area contributed by atoms with Gasteiger partial charge in [0, 0.05) is 19.3 Å². The molecule has 0 aromatic rings. The van der Waals surface area contributed by atoms with E-state index in [1.54, 1.807) is 0 Å². The van der Waals surface area contributed by atoms with Crippen molar-refractivity contribution >= 4 is 17.9 Å². The molecule has 0 radical (unpaired) electrons. The lowest BCUT2D eigenvalue weighted by molar-refractivity contribution is -0.167. The SMILES string of the molecule is CC/C=C\C/C=C\C/C=C\C/C=C\C/C=C\C/C=C\C/C=C\C/C=C\CCCCC(=O)OCC(COC(=O)CCCCCCC/C=C\C/C=C\CCCC)OC(=O)CCCCCCC/C=C\CCCCCCCCC. The van der Waals surface area contributed by atoms with Gasteiger partial charge in [-0.15, -0.1) is 0 Å². The monoisotopic (exact) mass is 1040 g/mol. The van der Waals surface area contributed by atoms with Crippen molar-refractivity contribution in [1.82, 2.24) is 0 Å². The lowest BCUT2D eigenvalue weighted by Crippen LogP contribution is -2.30. The van der Waals surface area contributed by atoms with Crippen LogP contribution in [0.5, 0.6) is 0 Å². The molecule has 0 spiro atoms. The molecule has 0 aromatic carbocycles. The largest absolute Gasteiger partial charge is 0.462 e. The molecule has 0 aromatic heterocycles. The quantitative estimate of drug-likeness (QED) is 0.0261. The van der Waals surface area contributed by atoms with Gasteiger partial charge in [-0.3, -0.25) is 14.4 Å². The van der Waals surface area contributed by atoms with E-state index in [4.69, 9.17) is 14.2 Å². The number of ether oxygens (including phenoxy) is 3. The van der Waals surface area contributed by atoms with Gasteiger partial charge in [0.25, 0.3) is 0 Å². The Morgan fingerprint density at radius 2 is 0.533 bits per heavy atom. The zero-order valence-electron chi connectivity index (χ0n) is 48.5. The maximum absolute atomic E-state index is 12.9. The predicted octanol–water partition coefficient (Wildman–Crippen LogP) is 21.0. The summed E-state index contributed by atoms with van der Waals surface area (Å²) < 4.78 is 16.8. The molecule has 0 aliphatic rings. The average molecular weight is 1040 g/mol. The molecule has 0 aliphatic heterocycles. The summed E-state index contributed by atoms with van der Waals surface area (Å²) in [6.45, 7) is 6.43. The van der Waals surface area contributed by atoms with E-state index in [-0.39, 0.29) is 31.1 Å². The second-order valence-electron chi connectivity index (χ2n) is 19.9. The van der Waals surface area contributed by atoms with Crippen LogP contribution in [0.2, 0.25) is 0 Å². The summed E-state index contributed by atoms with van der Waals surface area (Å²) in [5, 5.41) is 0. The van der Waals surface area contributed by atoms with E-state index < -0.39 is 6.10 Å². The third-order valence-electron chi connectivity index (χ3n) is 12.6. The minimum absolute atomic E-state index is 0.106. The van der Waals surface area contributed by atoms with Gasteiger partial charge in [0.2, 0.25) is 0 Å². The van der Waals surface area contributed by atoms with Crippen LogP contribution in [-0.4, -0.2) is 37.2 Å². The lowest BCUT2D eigenvalue weighted by Gasteiger charge is -2.18. The summed E-state index contributed by atoms with van der Waals surface area (Å²) in [6, 6.07) is 0. The summed E-state index contributed by atoms with van der Waals surface area (Å²) in [5.74, 6) is -0.974. The second kappa shape index (κ2) is 62.1. The topological polar surface area (TPSA) is 78.9 Å². The van der Waals surface area contributed by atoms with Crippen LogP contribution in [0.3, 0.4) is 0 Å². The fraction of sp³-hybridized carbons (Fsp3) is 0.638. The van der Waals surface area contributed by atoms with Crippen LogP contribution in [0, 0.1) is 0 Å². The van der Waals surface area contributed by atoms with E-state index in [0.29, 0.717) is 25.7 Å². The number of carbonyl (C=O) groups is 3. The first-order valence-electron chi connectivity index (χ1n) is 30.7. The van der Waals surface area contributed by atoms with Gasteiger partial charge in [-0.05, 0) is 135 Å².